The number of hydrogen-bond acceptors (Lipinski definition) is 1. The van der Waals surface area contributed by atoms with Gasteiger partial charge in [0.05, 0.1) is 0 Å². The molecule has 3 nitrogen and oxygen atoms in total. The second kappa shape index (κ2) is 8.61. The first-order chi connectivity index (χ1) is 5.97. The zero-order valence-electron chi connectivity index (χ0n) is 9.08. The summed E-state index contributed by atoms with van der Waals surface area (Å²) in [5, 5.41) is 0. The van der Waals surface area contributed by atoms with E-state index < -0.39 is 8.25 Å². The molecule has 0 aromatic carbocycles. The van der Waals surface area contributed by atoms with Crippen LogP contribution in [0.5, 0.6) is 0 Å². The molecule has 0 heterocycles. The maximum Gasteiger partial charge on any atom is 0.692 e. The first kappa shape index (κ1) is 15.5. The Balaban J connectivity index is 0. The highest BCUT2D eigenvalue weighted by molar-refractivity contribution is 7.30. The van der Waals surface area contributed by atoms with Crippen LogP contribution in [0.3, 0.4) is 0 Å². The van der Waals surface area contributed by atoms with Crippen LogP contribution in [0.15, 0.2) is 0 Å². The van der Waals surface area contributed by atoms with E-state index in [1.54, 1.807) is 0 Å². The summed E-state index contributed by atoms with van der Waals surface area (Å²) in [6.07, 6.45) is 5.38. The lowest BCUT2D eigenvalue weighted by Crippen LogP contribution is -2.15. The third kappa shape index (κ3) is 8.35. The van der Waals surface area contributed by atoms with Gasteiger partial charge in [-0.05, 0) is 5.41 Å². The van der Waals surface area contributed by atoms with Crippen LogP contribution in [0.4, 0.5) is 0 Å². The van der Waals surface area contributed by atoms with Crippen LogP contribution >= 0.6 is 8.25 Å². The molecule has 4 heteroatoms. The molecular formula is C9H22O3P+. The first-order valence-corrected chi connectivity index (χ1v) is 5.99. The zero-order chi connectivity index (χ0) is 10.9. The highest BCUT2D eigenvalue weighted by Gasteiger charge is 2.20. The van der Waals surface area contributed by atoms with Crippen molar-refractivity contribution in [1.29, 1.82) is 0 Å². The molecule has 0 rings (SSSR count). The molecule has 0 unspecified atom stereocenters. The Morgan fingerprint density at radius 2 is 1.08 bits per heavy atom. The van der Waals surface area contributed by atoms with Gasteiger partial charge in [-0.15, -0.1) is 9.79 Å². The average molecular weight is 209 g/mol. The molecule has 0 fully saturated rings. The van der Waals surface area contributed by atoms with Crippen LogP contribution in [-0.4, -0.2) is 9.79 Å². The molecule has 0 spiro atoms. The van der Waals surface area contributed by atoms with Crippen LogP contribution in [0.1, 0.15) is 53.4 Å². The van der Waals surface area contributed by atoms with Crippen molar-refractivity contribution >= 4 is 8.25 Å². The van der Waals surface area contributed by atoms with E-state index in [4.69, 9.17) is 14.4 Å². The van der Waals surface area contributed by atoms with Crippen molar-refractivity contribution < 1.29 is 14.4 Å². The summed E-state index contributed by atoms with van der Waals surface area (Å²) in [5.74, 6) is 0. The minimum atomic E-state index is -2.87. The second-order valence-corrected chi connectivity index (χ2v) is 3.67. The fourth-order valence-corrected chi connectivity index (χ4v) is 1.50. The van der Waals surface area contributed by atoms with Gasteiger partial charge in [0, 0.05) is 4.57 Å². The lowest BCUT2D eigenvalue weighted by Gasteiger charge is -2.28. The predicted octanol–water partition coefficient (Wildman–Crippen LogP) is 3.24. The van der Waals surface area contributed by atoms with Crippen LogP contribution in [0.2, 0.25) is 0 Å². The summed E-state index contributed by atoms with van der Waals surface area (Å²) in [4.78, 5) is 14.2. The van der Waals surface area contributed by atoms with E-state index in [0.717, 1.165) is 0 Å². The largest absolute Gasteiger partial charge is 0.692 e. The van der Waals surface area contributed by atoms with Gasteiger partial charge in [0.1, 0.15) is 0 Å². The fraction of sp³-hybridized carbons (Fsp3) is 1.00. The normalized spacial score (nSPS) is 10.3. The van der Waals surface area contributed by atoms with Crippen LogP contribution < -0.4 is 0 Å². The monoisotopic (exact) mass is 209 g/mol. The third-order valence-corrected chi connectivity index (χ3v) is 3.00. The molecule has 0 aromatic heterocycles. The van der Waals surface area contributed by atoms with E-state index in [1.807, 2.05) is 0 Å². The maximum atomic E-state index is 8.70. The number of rotatable bonds is 4. The summed E-state index contributed by atoms with van der Waals surface area (Å²) in [6.45, 7) is 9.21. The molecule has 0 aromatic rings. The Bertz CT molecular complexity index is 111. The minimum Gasteiger partial charge on any atom is -0.134 e. The standard InChI is InChI=1S/C9H20.HO3P/c1-5-9(6-2,7-3)8-4;1-4(2)3/h5-8H2,1-4H3;(H-,1,2,3)/p+1. The van der Waals surface area contributed by atoms with E-state index in [-0.39, 0.29) is 0 Å². The highest BCUT2D eigenvalue weighted by Crippen LogP contribution is 2.33. The minimum absolute atomic E-state index is 0.667. The van der Waals surface area contributed by atoms with Gasteiger partial charge in [0.25, 0.3) is 0 Å². The zero-order valence-corrected chi connectivity index (χ0v) is 9.97. The van der Waals surface area contributed by atoms with Crippen molar-refractivity contribution in [2.45, 2.75) is 53.4 Å². The SMILES string of the molecule is CCC(CC)(CC)CC.O=[P+](O)O. The molecule has 2 N–H and O–H groups in total. The van der Waals surface area contributed by atoms with Gasteiger partial charge in [-0.25, -0.2) is 0 Å². The molecular weight excluding hydrogens is 187 g/mol. The molecule has 0 saturated heterocycles. The van der Waals surface area contributed by atoms with Crippen molar-refractivity contribution in [3.8, 4) is 0 Å². The van der Waals surface area contributed by atoms with Gasteiger partial charge in [-0.3, -0.25) is 0 Å². The molecule has 0 amide bonds. The quantitative estimate of drug-likeness (QED) is 0.699. The average Bonchev–Trinajstić information content (AvgIpc) is 2.09. The molecule has 0 atom stereocenters. The van der Waals surface area contributed by atoms with E-state index in [2.05, 4.69) is 27.7 Å². The molecule has 13 heavy (non-hydrogen) atoms. The predicted molar refractivity (Wildman–Crippen MR) is 55.6 cm³/mol. The third-order valence-electron chi connectivity index (χ3n) is 3.00. The van der Waals surface area contributed by atoms with Gasteiger partial charge in [0.15, 0.2) is 0 Å². The Morgan fingerprint density at radius 1 is 0.923 bits per heavy atom. The first-order valence-electron chi connectivity index (χ1n) is 4.83. The smallest absolute Gasteiger partial charge is 0.134 e. The van der Waals surface area contributed by atoms with Crippen LogP contribution in [0.25, 0.3) is 0 Å². The van der Waals surface area contributed by atoms with Gasteiger partial charge >= 0.3 is 8.25 Å². The topological polar surface area (TPSA) is 57.5 Å². The summed E-state index contributed by atoms with van der Waals surface area (Å²) < 4.78 is 8.70. The molecule has 0 bridgehead atoms. The Morgan fingerprint density at radius 3 is 1.08 bits per heavy atom. The Labute approximate surface area is 82.1 Å². The van der Waals surface area contributed by atoms with Gasteiger partial charge in [-0.1, -0.05) is 53.4 Å². The lowest BCUT2D eigenvalue weighted by atomic mass is 9.78. The summed E-state index contributed by atoms with van der Waals surface area (Å²) in [6, 6.07) is 0. The van der Waals surface area contributed by atoms with E-state index in [1.165, 1.54) is 25.7 Å². The van der Waals surface area contributed by atoms with Crippen LogP contribution in [-0.2, 0) is 4.57 Å². The van der Waals surface area contributed by atoms with Crippen LogP contribution in [0, 0.1) is 5.41 Å². The molecule has 0 aliphatic rings. The Hall–Kier alpha value is 0.0200. The molecule has 0 radical (unpaired) electrons. The highest BCUT2D eigenvalue weighted by atomic mass is 31.1. The Kier molecular flexibility index (Phi) is 10.3. The van der Waals surface area contributed by atoms with E-state index in [0.29, 0.717) is 5.41 Å². The molecule has 0 aliphatic carbocycles. The molecule has 0 saturated carbocycles. The summed E-state index contributed by atoms with van der Waals surface area (Å²) >= 11 is 0. The molecule has 0 aliphatic heterocycles. The maximum absolute atomic E-state index is 8.70. The molecule has 80 valence electrons. The lowest BCUT2D eigenvalue weighted by molar-refractivity contribution is 0.240. The van der Waals surface area contributed by atoms with Crippen molar-refractivity contribution in [1.82, 2.24) is 0 Å². The second-order valence-electron chi connectivity index (χ2n) is 3.17. The fourth-order valence-electron chi connectivity index (χ4n) is 1.50. The van der Waals surface area contributed by atoms with Gasteiger partial charge in [0.2, 0.25) is 0 Å². The van der Waals surface area contributed by atoms with Gasteiger partial charge in [-0.2, -0.15) is 0 Å². The van der Waals surface area contributed by atoms with Crippen molar-refractivity contribution in [2.24, 2.45) is 5.41 Å². The van der Waals surface area contributed by atoms with Crippen molar-refractivity contribution in [3.05, 3.63) is 0 Å². The number of hydrogen-bond donors (Lipinski definition) is 2. The van der Waals surface area contributed by atoms with E-state index in [9.17, 15) is 0 Å². The van der Waals surface area contributed by atoms with Crippen molar-refractivity contribution in [3.63, 3.8) is 0 Å². The van der Waals surface area contributed by atoms with Crippen molar-refractivity contribution in [2.75, 3.05) is 0 Å². The summed E-state index contributed by atoms with van der Waals surface area (Å²) in [5.41, 5.74) is 0.667. The summed E-state index contributed by atoms with van der Waals surface area (Å²) in [7, 11) is -2.87. The van der Waals surface area contributed by atoms with E-state index >= 15 is 0 Å². The van der Waals surface area contributed by atoms with Gasteiger partial charge < -0.3 is 0 Å².